The summed E-state index contributed by atoms with van der Waals surface area (Å²) in [5.74, 6) is 0. The number of rotatable bonds is 3. The molecule has 0 spiro atoms. The summed E-state index contributed by atoms with van der Waals surface area (Å²) in [6, 6.07) is 0. The van der Waals surface area contributed by atoms with Gasteiger partial charge in [0, 0.05) is 19.3 Å². The monoisotopic (exact) mass is 317 g/mol. The van der Waals surface area contributed by atoms with Crippen LogP contribution in [-0.4, -0.2) is 38.3 Å². The minimum Gasteiger partial charge on any atom is -0.385 e. The van der Waals surface area contributed by atoms with Crippen LogP contribution in [-0.2, 0) is 4.74 Å². The average molecular weight is 318 g/mol. The molecule has 0 radical (unpaired) electrons. The molecule has 0 bridgehead atoms. The van der Waals surface area contributed by atoms with Crippen molar-refractivity contribution in [1.29, 1.82) is 0 Å². The van der Waals surface area contributed by atoms with Gasteiger partial charge in [0.25, 0.3) is 0 Å². The predicted molar refractivity (Wildman–Crippen MR) is 104 cm³/mol. The SMILES string of the molecule is CCCC(C)(C)C.CN(C)C(C)(C)C.COCCC(C)(C)C. The van der Waals surface area contributed by atoms with Crippen LogP contribution in [0.3, 0.4) is 0 Å². The minimum absolute atomic E-state index is 0.333. The molecule has 0 saturated carbocycles. The lowest BCUT2D eigenvalue weighted by atomic mass is 9.91. The summed E-state index contributed by atoms with van der Waals surface area (Å²) in [5.41, 5.74) is 1.31. The van der Waals surface area contributed by atoms with Gasteiger partial charge in [0.1, 0.15) is 0 Å². The lowest BCUT2D eigenvalue weighted by Gasteiger charge is -2.27. The normalized spacial score (nSPS) is 12.3. The first kappa shape index (κ1) is 26.8. The van der Waals surface area contributed by atoms with Gasteiger partial charge in [-0.05, 0) is 58.5 Å². The van der Waals surface area contributed by atoms with Crippen molar-refractivity contribution >= 4 is 0 Å². The van der Waals surface area contributed by atoms with Gasteiger partial charge in [-0.25, -0.2) is 0 Å². The van der Waals surface area contributed by atoms with E-state index < -0.39 is 0 Å². The number of methoxy groups -OCH3 is 1. The quantitative estimate of drug-likeness (QED) is 0.610. The molecule has 2 heteroatoms. The zero-order chi connectivity index (χ0) is 18.6. The van der Waals surface area contributed by atoms with Crippen LogP contribution in [0.1, 0.15) is 88.5 Å². The fraction of sp³-hybridized carbons (Fsp3) is 1.00. The van der Waals surface area contributed by atoms with E-state index in [2.05, 4.69) is 88.2 Å². The van der Waals surface area contributed by atoms with Crippen molar-refractivity contribution in [1.82, 2.24) is 4.90 Å². The summed E-state index contributed by atoms with van der Waals surface area (Å²) in [6.45, 7) is 23.1. The largest absolute Gasteiger partial charge is 0.385 e. The van der Waals surface area contributed by atoms with E-state index in [1.165, 1.54) is 12.8 Å². The Morgan fingerprint density at radius 3 is 1.09 bits per heavy atom. The fourth-order valence-electron chi connectivity index (χ4n) is 1.16. The van der Waals surface area contributed by atoms with Gasteiger partial charge in [0.15, 0.2) is 0 Å². The molecule has 0 fully saturated rings. The summed E-state index contributed by atoms with van der Waals surface area (Å²) in [6.07, 6.45) is 3.79. The van der Waals surface area contributed by atoms with E-state index in [1.807, 2.05) is 0 Å². The van der Waals surface area contributed by atoms with E-state index in [0.717, 1.165) is 13.0 Å². The number of ether oxygens (including phenoxy) is 1. The lowest BCUT2D eigenvalue weighted by Crippen LogP contribution is -2.34. The molecule has 0 aromatic rings. The lowest BCUT2D eigenvalue weighted by molar-refractivity contribution is 0.159. The number of nitrogens with zero attached hydrogens (tertiary/aromatic N) is 1. The molecule has 0 unspecified atom stereocenters. The molecule has 0 amide bonds. The molecule has 0 aliphatic rings. The van der Waals surface area contributed by atoms with Gasteiger partial charge in [0.05, 0.1) is 0 Å². The van der Waals surface area contributed by atoms with Gasteiger partial charge >= 0.3 is 0 Å². The highest BCUT2D eigenvalue weighted by atomic mass is 16.5. The Labute approximate surface area is 143 Å². The van der Waals surface area contributed by atoms with Crippen molar-refractivity contribution in [2.45, 2.75) is 94.0 Å². The standard InChI is InChI=1S/C7H16O.C7H16.C6H15N/c1-7(2,3)5-6-8-4;1-5-6-7(2,3)4;1-6(2,3)7(4)5/h5-6H2,1-4H3;5-6H2,1-4H3;1-5H3. The Morgan fingerprint density at radius 2 is 1.05 bits per heavy atom. The smallest absolute Gasteiger partial charge is 0.0467 e. The van der Waals surface area contributed by atoms with E-state index in [9.17, 15) is 0 Å². The maximum Gasteiger partial charge on any atom is 0.0467 e. The van der Waals surface area contributed by atoms with Crippen LogP contribution in [0, 0.1) is 10.8 Å². The Hall–Kier alpha value is -0.0800. The second-order valence-electron chi connectivity index (χ2n) is 9.68. The van der Waals surface area contributed by atoms with Crippen LogP contribution in [0.15, 0.2) is 0 Å². The van der Waals surface area contributed by atoms with E-state index in [4.69, 9.17) is 4.74 Å². The van der Waals surface area contributed by atoms with Crippen LogP contribution in [0.25, 0.3) is 0 Å². The maximum absolute atomic E-state index is 4.92. The summed E-state index contributed by atoms with van der Waals surface area (Å²) in [5, 5.41) is 0. The molecule has 0 heterocycles. The first-order valence-electron chi connectivity index (χ1n) is 8.73. The molecule has 138 valence electrons. The predicted octanol–water partition coefficient (Wildman–Crippen LogP) is 6.25. The van der Waals surface area contributed by atoms with Crippen LogP contribution in [0.2, 0.25) is 0 Å². The van der Waals surface area contributed by atoms with Crippen molar-refractivity contribution in [2.75, 3.05) is 27.8 Å². The molecule has 0 aromatic heterocycles. The summed E-state index contributed by atoms with van der Waals surface area (Å²) >= 11 is 0. The zero-order valence-electron chi connectivity index (χ0n) is 18.2. The third-order valence-corrected chi connectivity index (χ3v) is 3.40. The Morgan fingerprint density at radius 1 is 0.727 bits per heavy atom. The van der Waals surface area contributed by atoms with E-state index >= 15 is 0 Å². The first-order chi connectivity index (χ1) is 9.56. The summed E-state index contributed by atoms with van der Waals surface area (Å²) in [4.78, 5) is 2.19. The third kappa shape index (κ3) is 32.0. The van der Waals surface area contributed by atoms with E-state index in [-0.39, 0.29) is 0 Å². The highest BCUT2D eigenvalue weighted by Gasteiger charge is 2.10. The van der Waals surface area contributed by atoms with Crippen LogP contribution in [0.4, 0.5) is 0 Å². The summed E-state index contributed by atoms with van der Waals surface area (Å²) < 4.78 is 4.92. The minimum atomic E-state index is 0.333. The van der Waals surface area contributed by atoms with Gasteiger partial charge in [-0.15, -0.1) is 0 Å². The van der Waals surface area contributed by atoms with Crippen molar-refractivity contribution in [3.8, 4) is 0 Å². The fourth-order valence-corrected chi connectivity index (χ4v) is 1.16. The first-order valence-corrected chi connectivity index (χ1v) is 8.73. The van der Waals surface area contributed by atoms with Crippen molar-refractivity contribution in [3.63, 3.8) is 0 Å². The van der Waals surface area contributed by atoms with Crippen molar-refractivity contribution < 1.29 is 4.74 Å². The molecule has 0 rings (SSSR count). The van der Waals surface area contributed by atoms with Gasteiger partial charge in [-0.1, -0.05) is 54.9 Å². The molecule has 0 saturated heterocycles. The zero-order valence-corrected chi connectivity index (χ0v) is 18.2. The molecule has 0 aliphatic carbocycles. The van der Waals surface area contributed by atoms with Gasteiger partial charge < -0.3 is 9.64 Å². The third-order valence-electron chi connectivity index (χ3n) is 3.40. The van der Waals surface area contributed by atoms with Crippen molar-refractivity contribution in [2.24, 2.45) is 10.8 Å². The van der Waals surface area contributed by atoms with Crippen LogP contribution >= 0.6 is 0 Å². The summed E-state index contributed by atoms with van der Waals surface area (Å²) in [7, 11) is 5.91. The second kappa shape index (κ2) is 12.4. The highest BCUT2D eigenvalue weighted by molar-refractivity contribution is 4.68. The molecule has 22 heavy (non-hydrogen) atoms. The second-order valence-corrected chi connectivity index (χ2v) is 9.68. The van der Waals surface area contributed by atoms with Crippen LogP contribution < -0.4 is 0 Å². The van der Waals surface area contributed by atoms with E-state index in [1.54, 1.807) is 7.11 Å². The molecule has 0 N–H and O–H groups in total. The molecule has 2 nitrogen and oxygen atoms in total. The number of hydrogen-bond acceptors (Lipinski definition) is 2. The molecular formula is C20H47NO. The topological polar surface area (TPSA) is 12.5 Å². The highest BCUT2D eigenvalue weighted by Crippen LogP contribution is 2.19. The van der Waals surface area contributed by atoms with Gasteiger partial charge in [-0.3, -0.25) is 0 Å². The van der Waals surface area contributed by atoms with Crippen LogP contribution in [0.5, 0.6) is 0 Å². The average Bonchev–Trinajstić information content (AvgIpc) is 2.24. The Balaban J connectivity index is -0.000000247. The maximum atomic E-state index is 4.92. The van der Waals surface area contributed by atoms with Crippen molar-refractivity contribution in [3.05, 3.63) is 0 Å². The molecular weight excluding hydrogens is 270 g/mol. The Bertz CT molecular complexity index is 226. The van der Waals surface area contributed by atoms with Gasteiger partial charge in [-0.2, -0.15) is 0 Å². The van der Waals surface area contributed by atoms with Gasteiger partial charge in [0.2, 0.25) is 0 Å². The van der Waals surface area contributed by atoms with E-state index in [0.29, 0.717) is 16.4 Å². The molecule has 0 atom stereocenters. The Kier molecular flexibility index (Phi) is 15.1. The molecule has 0 aromatic carbocycles. The number of hydrogen-bond donors (Lipinski definition) is 0. The molecule has 0 aliphatic heterocycles.